The molecule has 0 unspecified atom stereocenters. The van der Waals surface area contributed by atoms with Gasteiger partial charge in [-0.3, -0.25) is 19.5 Å². The van der Waals surface area contributed by atoms with Crippen LogP contribution in [0.4, 0.5) is 11.4 Å². The SMILES string of the molecule is Cc1occc1-c1nnc(SCC(=O)Nc2ccc([N+](=O)[O-])cc2Cl)n1-c1ccccc1. The van der Waals surface area contributed by atoms with Gasteiger partial charge in [0.1, 0.15) is 5.76 Å². The average molecular weight is 470 g/mol. The zero-order chi connectivity index (χ0) is 22.7. The van der Waals surface area contributed by atoms with Crippen LogP contribution in [-0.4, -0.2) is 31.3 Å². The van der Waals surface area contributed by atoms with E-state index in [0.717, 1.165) is 11.3 Å². The summed E-state index contributed by atoms with van der Waals surface area (Å²) in [6.45, 7) is 1.84. The Morgan fingerprint density at radius 3 is 2.66 bits per heavy atom. The fourth-order valence-corrected chi connectivity index (χ4v) is 3.97. The van der Waals surface area contributed by atoms with Crippen molar-refractivity contribution in [3.05, 3.63) is 81.8 Å². The molecule has 2 aromatic carbocycles. The Morgan fingerprint density at radius 1 is 1.22 bits per heavy atom. The zero-order valence-corrected chi connectivity index (χ0v) is 18.3. The van der Waals surface area contributed by atoms with Gasteiger partial charge in [0, 0.05) is 17.8 Å². The van der Waals surface area contributed by atoms with E-state index >= 15 is 0 Å². The Labute approximate surface area is 191 Å². The Balaban J connectivity index is 1.55. The number of carbonyl (C=O) groups excluding carboxylic acids is 1. The number of benzene rings is 2. The fraction of sp³-hybridized carbons (Fsp3) is 0.0952. The molecule has 32 heavy (non-hydrogen) atoms. The molecule has 0 saturated carbocycles. The molecular weight excluding hydrogens is 454 g/mol. The van der Waals surface area contributed by atoms with Gasteiger partial charge in [0.2, 0.25) is 5.91 Å². The molecule has 2 heterocycles. The molecule has 1 amide bonds. The number of aromatic nitrogens is 3. The van der Waals surface area contributed by atoms with Gasteiger partial charge < -0.3 is 9.73 Å². The molecule has 2 aromatic heterocycles. The van der Waals surface area contributed by atoms with Crippen molar-refractivity contribution < 1.29 is 14.1 Å². The number of para-hydroxylation sites is 1. The number of non-ortho nitro benzene ring substituents is 1. The van der Waals surface area contributed by atoms with Crippen LogP contribution in [0.1, 0.15) is 5.76 Å². The topological polar surface area (TPSA) is 116 Å². The number of carbonyl (C=O) groups is 1. The summed E-state index contributed by atoms with van der Waals surface area (Å²) in [4.78, 5) is 22.8. The molecule has 0 aliphatic carbocycles. The summed E-state index contributed by atoms with van der Waals surface area (Å²) >= 11 is 7.26. The number of aryl methyl sites for hydroxylation is 1. The molecular formula is C21H16ClN5O4S. The van der Waals surface area contributed by atoms with Crippen LogP contribution in [0.3, 0.4) is 0 Å². The lowest BCUT2D eigenvalue weighted by molar-refractivity contribution is -0.384. The second-order valence-corrected chi connectivity index (χ2v) is 7.98. The van der Waals surface area contributed by atoms with Crippen molar-refractivity contribution in [1.29, 1.82) is 0 Å². The Kier molecular flexibility index (Phi) is 6.24. The minimum Gasteiger partial charge on any atom is -0.469 e. The lowest BCUT2D eigenvalue weighted by Crippen LogP contribution is -2.15. The molecule has 4 aromatic rings. The van der Waals surface area contributed by atoms with Crippen molar-refractivity contribution in [2.24, 2.45) is 0 Å². The number of nitro groups is 1. The van der Waals surface area contributed by atoms with Gasteiger partial charge in [0.15, 0.2) is 11.0 Å². The van der Waals surface area contributed by atoms with E-state index in [4.69, 9.17) is 16.0 Å². The van der Waals surface area contributed by atoms with Crippen LogP contribution in [0.25, 0.3) is 17.1 Å². The number of thioether (sulfide) groups is 1. The average Bonchev–Trinajstić information content (AvgIpc) is 3.39. The maximum Gasteiger partial charge on any atom is 0.271 e. The Morgan fingerprint density at radius 2 is 2.00 bits per heavy atom. The maximum atomic E-state index is 12.5. The number of furan rings is 1. The summed E-state index contributed by atoms with van der Waals surface area (Å²) in [7, 11) is 0. The van der Waals surface area contributed by atoms with E-state index in [1.807, 2.05) is 47.9 Å². The fourth-order valence-electron chi connectivity index (χ4n) is 3.00. The number of nitro benzene ring substituents is 1. The predicted octanol–water partition coefficient (Wildman–Crippen LogP) is 5.13. The van der Waals surface area contributed by atoms with Crippen molar-refractivity contribution in [1.82, 2.24) is 14.8 Å². The third-order valence-electron chi connectivity index (χ3n) is 4.52. The van der Waals surface area contributed by atoms with Gasteiger partial charge in [-0.05, 0) is 31.2 Å². The second-order valence-electron chi connectivity index (χ2n) is 6.63. The standard InChI is InChI=1S/C21H16ClN5O4S/c1-13-16(9-10-31-13)20-24-25-21(26(20)14-5-3-2-4-6-14)32-12-19(28)23-18-8-7-15(27(29)30)11-17(18)22/h2-11H,12H2,1H3,(H,23,28). The Bertz CT molecular complexity index is 1290. The van der Waals surface area contributed by atoms with E-state index in [2.05, 4.69) is 15.5 Å². The molecule has 4 rings (SSSR count). The molecule has 0 aliphatic heterocycles. The van der Waals surface area contributed by atoms with E-state index in [1.54, 1.807) is 6.26 Å². The first-order chi connectivity index (χ1) is 15.4. The quantitative estimate of drug-likeness (QED) is 0.226. The first-order valence-electron chi connectivity index (χ1n) is 9.36. The summed E-state index contributed by atoms with van der Waals surface area (Å²) in [6.07, 6.45) is 1.59. The first kappa shape index (κ1) is 21.6. The van der Waals surface area contributed by atoms with E-state index in [9.17, 15) is 14.9 Å². The smallest absolute Gasteiger partial charge is 0.271 e. The van der Waals surface area contributed by atoms with Crippen LogP contribution in [0, 0.1) is 17.0 Å². The van der Waals surface area contributed by atoms with Gasteiger partial charge in [-0.2, -0.15) is 0 Å². The zero-order valence-electron chi connectivity index (χ0n) is 16.7. The first-order valence-corrected chi connectivity index (χ1v) is 10.7. The number of rotatable bonds is 7. The summed E-state index contributed by atoms with van der Waals surface area (Å²) in [5, 5.41) is 22.7. The van der Waals surface area contributed by atoms with Gasteiger partial charge in [-0.1, -0.05) is 41.6 Å². The van der Waals surface area contributed by atoms with Crippen LogP contribution in [0.5, 0.6) is 0 Å². The molecule has 9 nitrogen and oxygen atoms in total. The highest BCUT2D eigenvalue weighted by Crippen LogP contribution is 2.31. The summed E-state index contributed by atoms with van der Waals surface area (Å²) < 4.78 is 7.27. The minimum atomic E-state index is -0.553. The summed E-state index contributed by atoms with van der Waals surface area (Å²) in [5.74, 6) is 0.998. The van der Waals surface area contributed by atoms with Gasteiger partial charge in [-0.15, -0.1) is 10.2 Å². The number of halogens is 1. The lowest BCUT2D eigenvalue weighted by atomic mass is 10.2. The molecule has 162 valence electrons. The van der Waals surface area contributed by atoms with Crippen molar-refractivity contribution >= 4 is 40.6 Å². The number of nitrogens with zero attached hydrogens (tertiary/aromatic N) is 4. The van der Waals surface area contributed by atoms with Crippen molar-refractivity contribution in [3.8, 4) is 17.1 Å². The largest absolute Gasteiger partial charge is 0.469 e. The molecule has 0 fully saturated rings. The third kappa shape index (κ3) is 4.51. The van der Waals surface area contributed by atoms with Crippen molar-refractivity contribution in [2.45, 2.75) is 12.1 Å². The van der Waals surface area contributed by atoms with Crippen molar-refractivity contribution in [3.63, 3.8) is 0 Å². The number of anilines is 1. The number of amides is 1. The van der Waals surface area contributed by atoms with Crippen LogP contribution in [0.2, 0.25) is 5.02 Å². The second kappa shape index (κ2) is 9.25. The summed E-state index contributed by atoms with van der Waals surface area (Å²) in [6, 6.07) is 15.2. The minimum absolute atomic E-state index is 0.0304. The number of hydrogen-bond acceptors (Lipinski definition) is 7. The molecule has 0 radical (unpaired) electrons. The van der Waals surface area contributed by atoms with E-state index in [0.29, 0.717) is 22.4 Å². The van der Waals surface area contributed by atoms with E-state index in [-0.39, 0.29) is 22.4 Å². The molecule has 0 aliphatic rings. The highest BCUT2D eigenvalue weighted by atomic mass is 35.5. The van der Waals surface area contributed by atoms with Gasteiger partial charge in [-0.25, -0.2) is 0 Å². The molecule has 11 heteroatoms. The predicted molar refractivity (Wildman–Crippen MR) is 121 cm³/mol. The molecule has 0 atom stereocenters. The van der Waals surface area contributed by atoms with Crippen LogP contribution < -0.4 is 5.32 Å². The molecule has 1 N–H and O–H groups in total. The van der Waals surface area contributed by atoms with E-state index < -0.39 is 4.92 Å². The normalized spacial score (nSPS) is 10.8. The number of nitrogens with one attached hydrogen (secondary N) is 1. The van der Waals surface area contributed by atoms with Crippen molar-refractivity contribution in [2.75, 3.05) is 11.1 Å². The number of hydrogen-bond donors (Lipinski definition) is 1. The van der Waals surface area contributed by atoms with Gasteiger partial charge >= 0.3 is 0 Å². The maximum absolute atomic E-state index is 12.5. The Hall–Kier alpha value is -3.63. The lowest BCUT2D eigenvalue weighted by Gasteiger charge is -2.10. The molecule has 0 spiro atoms. The third-order valence-corrected chi connectivity index (χ3v) is 5.76. The molecule has 0 bridgehead atoms. The van der Waals surface area contributed by atoms with Crippen LogP contribution in [-0.2, 0) is 4.79 Å². The summed E-state index contributed by atoms with van der Waals surface area (Å²) in [5.41, 5.74) is 1.78. The van der Waals surface area contributed by atoms with Gasteiger partial charge in [0.25, 0.3) is 5.69 Å². The van der Waals surface area contributed by atoms with E-state index in [1.165, 1.54) is 30.0 Å². The monoisotopic (exact) mass is 469 g/mol. The van der Waals surface area contributed by atoms with Crippen LogP contribution >= 0.6 is 23.4 Å². The highest BCUT2D eigenvalue weighted by molar-refractivity contribution is 7.99. The highest BCUT2D eigenvalue weighted by Gasteiger charge is 2.20. The van der Waals surface area contributed by atoms with Gasteiger partial charge in [0.05, 0.1) is 33.2 Å². The molecule has 0 saturated heterocycles. The van der Waals surface area contributed by atoms with Crippen LogP contribution in [0.15, 0.2) is 70.4 Å².